The van der Waals surface area contributed by atoms with E-state index in [0.717, 1.165) is 22.3 Å². The molecule has 0 bridgehead atoms. The van der Waals surface area contributed by atoms with Crippen LogP contribution >= 0.6 is 0 Å². The van der Waals surface area contributed by atoms with Crippen LogP contribution in [0.5, 0.6) is 0 Å². The third kappa shape index (κ3) is 4.27. The molecular formula is C29H30FN5O3. The van der Waals surface area contributed by atoms with Crippen molar-refractivity contribution in [2.24, 2.45) is 7.05 Å². The maximum Gasteiger partial charge on any atom is 0.356 e. The number of aryl methyl sites for hydroxylation is 2. The Labute approximate surface area is 219 Å². The number of fused-ring (bicyclic) bond motifs is 2. The number of nitrogens with zero attached hydrogens (tertiary/aromatic N) is 4. The molecule has 1 aliphatic heterocycles. The zero-order chi connectivity index (χ0) is 27.3. The van der Waals surface area contributed by atoms with Crippen molar-refractivity contribution >= 4 is 28.5 Å². The molecule has 0 saturated carbocycles. The first-order chi connectivity index (χ1) is 18.1. The maximum absolute atomic E-state index is 13.9. The quantitative estimate of drug-likeness (QED) is 0.360. The summed E-state index contributed by atoms with van der Waals surface area (Å²) in [6.07, 6.45) is 0.625. The smallest absolute Gasteiger partial charge is 0.356 e. The van der Waals surface area contributed by atoms with E-state index in [9.17, 15) is 19.1 Å². The first kappa shape index (κ1) is 25.4. The second kappa shape index (κ2) is 9.55. The predicted octanol–water partition coefficient (Wildman–Crippen LogP) is 5.29. The Kier molecular flexibility index (Phi) is 6.38. The van der Waals surface area contributed by atoms with Crippen LogP contribution in [0, 0.1) is 12.7 Å². The average molecular weight is 516 g/mol. The van der Waals surface area contributed by atoms with Crippen molar-refractivity contribution in [3.8, 4) is 0 Å². The van der Waals surface area contributed by atoms with Gasteiger partial charge in [0.05, 0.1) is 28.7 Å². The average Bonchev–Trinajstić information content (AvgIpc) is 3.21. The van der Waals surface area contributed by atoms with Gasteiger partial charge in [-0.3, -0.25) is 9.36 Å². The topological polar surface area (TPSA) is 100 Å². The van der Waals surface area contributed by atoms with Crippen LogP contribution in [0.1, 0.15) is 71.3 Å². The van der Waals surface area contributed by atoms with Crippen molar-refractivity contribution in [2.45, 2.75) is 52.7 Å². The second-order valence-electron chi connectivity index (χ2n) is 9.90. The van der Waals surface area contributed by atoms with E-state index in [2.05, 4.69) is 10.3 Å². The van der Waals surface area contributed by atoms with Crippen LogP contribution in [0.2, 0.25) is 0 Å². The van der Waals surface area contributed by atoms with E-state index in [4.69, 9.17) is 4.98 Å². The molecule has 2 N–H and O–H groups in total. The van der Waals surface area contributed by atoms with E-state index in [1.807, 2.05) is 44.7 Å². The van der Waals surface area contributed by atoms with Crippen LogP contribution in [-0.2, 0) is 20.0 Å². The normalized spacial score (nSPS) is 15.5. The lowest BCUT2D eigenvalue weighted by molar-refractivity contribution is 0.0691. The molecule has 0 unspecified atom stereocenters. The van der Waals surface area contributed by atoms with Crippen molar-refractivity contribution in [2.75, 3.05) is 10.2 Å². The molecule has 0 aliphatic carbocycles. The molecule has 0 radical (unpaired) electrons. The summed E-state index contributed by atoms with van der Waals surface area (Å²) in [6, 6.07) is 11.6. The minimum Gasteiger partial charge on any atom is -0.476 e. The number of nitrogens with one attached hydrogen (secondary N) is 1. The Morgan fingerprint density at radius 1 is 1.21 bits per heavy atom. The molecule has 3 heterocycles. The number of aromatic nitrogens is 3. The third-order valence-electron chi connectivity index (χ3n) is 7.31. The molecule has 0 amide bonds. The number of carboxylic acid groups (broad SMARTS) is 1. The fraction of sp³-hybridized carbons (Fsp3) is 0.310. The van der Waals surface area contributed by atoms with Gasteiger partial charge in [0, 0.05) is 24.8 Å². The zero-order valence-electron chi connectivity index (χ0n) is 22.0. The Morgan fingerprint density at radius 3 is 2.68 bits per heavy atom. The summed E-state index contributed by atoms with van der Waals surface area (Å²) in [5.74, 6) is -0.917. The SMILES string of the molecule is CCc1ccc(N[C@H](C)c2cc(C)cc3c(=O)n(C)c(N4Cc5cc(F)ccc5[C@H]4C)nc23)c(C(=O)O)n1. The van der Waals surface area contributed by atoms with Crippen molar-refractivity contribution in [1.82, 2.24) is 14.5 Å². The van der Waals surface area contributed by atoms with Gasteiger partial charge < -0.3 is 15.3 Å². The van der Waals surface area contributed by atoms with Crippen LogP contribution in [0.4, 0.5) is 16.0 Å². The van der Waals surface area contributed by atoms with Crippen LogP contribution in [-0.4, -0.2) is 25.6 Å². The van der Waals surface area contributed by atoms with Gasteiger partial charge in [-0.1, -0.05) is 19.1 Å². The van der Waals surface area contributed by atoms with Crippen molar-refractivity contribution in [3.05, 3.63) is 92.3 Å². The highest BCUT2D eigenvalue weighted by Crippen LogP contribution is 2.37. The lowest BCUT2D eigenvalue weighted by atomic mass is 10.0. The fourth-order valence-corrected chi connectivity index (χ4v) is 5.27. The van der Waals surface area contributed by atoms with Crippen molar-refractivity contribution in [3.63, 3.8) is 0 Å². The highest BCUT2D eigenvalue weighted by molar-refractivity contribution is 5.92. The standard InChI is InChI=1S/C29H30FN5O3/c1-6-20-8-10-24(26(32-20)28(37)38)31-16(3)22-11-15(2)12-23-25(22)33-29(34(5)27(23)36)35-14-18-13-19(30)7-9-21(18)17(35)4/h7-13,16-17,31H,6,14H2,1-5H3,(H,37,38)/t16-,17-/m1/s1. The van der Waals surface area contributed by atoms with Gasteiger partial charge in [0.1, 0.15) is 5.82 Å². The van der Waals surface area contributed by atoms with Crippen molar-refractivity contribution < 1.29 is 14.3 Å². The molecule has 0 fully saturated rings. The highest BCUT2D eigenvalue weighted by atomic mass is 19.1. The van der Waals surface area contributed by atoms with E-state index in [1.54, 1.807) is 25.2 Å². The molecule has 9 heteroatoms. The lowest BCUT2D eigenvalue weighted by Gasteiger charge is -2.26. The number of hydrogen-bond donors (Lipinski definition) is 2. The molecule has 2 aromatic heterocycles. The van der Waals surface area contributed by atoms with Crippen LogP contribution in [0.3, 0.4) is 0 Å². The molecule has 8 nitrogen and oxygen atoms in total. The molecule has 0 spiro atoms. The van der Waals surface area contributed by atoms with Gasteiger partial charge in [0.25, 0.3) is 5.56 Å². The maximum atomic E-state index is 13.9. The summed E-state index contributed by atoms with van der Waals surface area (Å²) in [6.45, 7) is 8.19. The summed E-state index contributed by atoms with van der Waals surface area (Å²) < 4.78 is 15.5. The Morgan fingerprint density at radius 2 is 1.97 bits per heavy atom. The summed E-state index contributed by atoms with van der Waals surface area (Å²) in [5.41, 5.74) is 4.93. The van der Waals surface area contributed by atoms with Gasteiger partial charge in [0.2, 0.25) is 5.95 Å². The van der Waals surface area contributed by atoms with Gasteiger partial charge >= 0.3 is 5.97 Å². The minimum atomic E-state index is -1.11. The number of aromatic carboxylic acids is 1. The summed E-state index contributed by atoms with van der Waals surface area (Å²) >= 11 is 0. The van der Waals surface area contributed by atoms with Crippen LogP contribution in [0.15, 0.2) is 47.3 Å². The van der Waals surface area contributed by atoms with Gasteiger partial charge in [0.15, 0.2) is 5.69 Å². The molecule has 2 aromatic carbocycles. The summed E-state index contributed by atoms with van der Waals surface area (Å²) in [7, 11) is 1.70. The number of rotatable bonds is 6. The van der Waals surface area contributed by atoms with Crippen molar-refractivity contribution in [1.29, 1.82) is 0 Å². The largest absolute Gasteiger partial charge is 0.476 e. The Hall–Kier alpha value is -4.27. The summed E-state index contributed by atoms with van der Waals surface area (Å²) in [5, 5.41) is 13.5. The highest BCUT2D eigenvalue weighted by Gasteiger charge is 2.30. The number of carboxylic acids is 1. The predicted molar refractivity (Wildman–Crippen MR) is 145 cm³/mol. The van der Waals surface area contributed by atoms with E-state index >= 15 is 0 Å². The van der Waals surface area contributed by atoms with Crippen LogP contribution < -0.4 is 15.8 Å². The Bertz CT molecular complexity index is 1650. The van der Waals surface area contributed by atoms with Gasteiger partial charge in [-0.05, 0) is 74.2 Å². The first-order valence-electron chi connectivity index (χ1n) is 12.6. The number of halogens is 1. The molecule has 196 valence electrons. The fourth-order valence-electron chi connectivity index (χ4n) is 5.27. The second-order valence-corrected chi connectivity index (χ2v) is 9.90. The van der Waals surface area contributed by atoms with E-state index in [-0.39, 0.29) is 29.2 Å². The number of carbonyl (C=O) groups is 1. The van der Waals surface area contributed by atoms with E-state index in [0.29, 0.717) is 41.2 Å². The zero-order valence-corrected chi connectivity index (χ0v) is 22.0. The van der Waals surface area contributed by atoms with Gasteiger partial charge in [-0.25, -0.2) is 19.2 Å². The number of benzene rings is 2. The lowest BCUT2D eigenvalue weighted by Crippen LogP contribution is -2.30. The summed E-state index contributed by atoms with van der Waals surface area (Å²) in [4.78, 5) is 36.7. The molecular weight excluding hydrogens is 485 g/mol. The monoisotopic (exact) mass is 515 g/mol. The molecule has 5 rings (SSSR count). The van der Waals surface area contributed by atoms with Crippen LogP contribution in [0.25, 0.3) is 10.9 Å². The third-order valence-corrected chi connectivity index (χ3v) is 7.31. The van der Waals surface area contributed by atoms with Gasteiger partial charge in [-0.15, -0.1) is 0 Å². The van der Waals surface area contributed by atoms with Gasteiger partial charge in [-0.2, -0.15) is 0 Å². The molecule has 38 heavy (non-hydrogen) atoms. The molecule has 1 aliphatic rings. The number of hydrogen-bond acceptors (Lipinski definition) is 6. The molecule has 0 saturated heterocycles. The molecule has 2 atom stereocenters. The number of anilines is 2. The first-order valence-corrected chi connectivity index (χ1v) is 12.6. The minimum absolute atomic E-state index is 0.0476. The Balaban J connectivity index is 1.61. The molecule has 4 aromatic rings. The van der Waals surface area contributed by atoms with E-state index in [1.165, 1.54) is 16.7 Å². The number of pyridine rings is 1. The van der Waals surface area contributed by atoms with E-state index < -0.39 is 5.97 Å².